The van der Waals surface area contributed by atoms with Crippen LogP contribution in [-0.2, 0) is 0 Å². The van der Waals surface area contributed by atoms with Crippen LogP contribution in [0, 0.1) is 17.1 Å². The highest BCUT2D eigenvalue weighted by atomic mass is 35.5. The molecule has 0 fully saturated rings. The molecule has 0 radical (unpaired) electrons. The lowest BCUT2D eigenvalue weighted by atomic mass is 9.87. The predicted molar refractivity (Wildman–Crippen MR) is 81.4 cm³/mol. The van der Waals surface area contributed by atoms with Crippen LogP contribution in [0.2, 0.25) is 5.02 Å². The molecule has 0 bridgehead atoms. The Labute approximate surface area is 131 Å². The summed E-state index contributed by atoms with van der Waals surface area (Å²) in [6.07, 6.45) is 5.96. The Balaban J connectivity index is 2.49. The molecule has 1 aromatic carbocycles. The zero-order valence-corrected chi connectivity index (χ0v) is 12.6. The predicted octanol–water partition coefficient (Wildman–Crippen LogP) is 5.22. The van der Waals surface area contributed by atoms with Crippen molar-refractivity contribution in [1.82, 2.24) is 0 Å². The number of nitrogens with zero attached hydrogens (tertiary/aromatic N) is 1. The molecule has 0 saturated heterocycles. The van der Waals surface area contributed by atoms with Crippen molar-refractivity contribution in [2.45, 2.75) is 18.0 Å². The first-order valence-corrected chi connectivity index (χ1v) is 6.97. The summed E-state index contributed by atoms with van der Waals surface area (Å²) in [6.45, 7) is 1.32. The molecule has 0 N–H and O–H groups in total. The summed E-state index contributed by atoms with van der Waals surface area (Å²) in [6, 6.07) is 5.85. The van der Waals surface area contributed by atoms with Gasteiger partial charge in [-0.2, -0.15) is 5.26 Å². The van der Waals surface area contributed by atoms with Gasteiger partial charge in [0, 0.05) is 10.6 Å². The Kier molecular flexibility index (Phi) is 4.51. The molecule has 2 rings (SSSR count). The largest absolute Gasteiger partial charge is 0.237 e. The highest BCUT2D eigenvalue weighted by Gasteiger charge is 2.36. The van der Waals surface area contributed by atoms with Gasteiger partial charge in [0.1, 0.15) is 5.82 Å². The van der Waals surface area contributed by atoms with E-state index in [1.165, 1.54) is 37.3 Å². The van der Waals surface area contributed by atoms with E-state index in [1.54, 1.807) is 6.08 Å². The van der Waals surface area contributed by atoms with E-state index in [9.17, 15) is 14.0 Å². The second kappa shape index (κ2) is 6.01. The van der Waals surface area contributed by atoms with E-state index in [0.717, 1.165) is 6.07 Å². The van der Waals surface area contributed by atoms with E-state index in [-0.39, 0.29) is 21.7 Å². The van der Waals surface area contributed by atoms with Crippen molar-refractivity contribution in [1.29, 1.82) is 5.26 Å². The van der Waals surface area contributed by atoms with Crippen LogP contribution < -0.4 is 0 Å². The van der Waals surface area contributed by atoms with E-state index >= 15 is 0 Å². The Morgan fingerprint density at radius 2 is 2.19 bits per heavy atom. The highest BCUT2D eigenvalue weighted by Crippen LogP contribution is 2.36. The number of hydrogen-bond acceptors (Lipinski definition) is 1. The number of alkyl halides is 2. The highest BCUT2D eigenvalue weighted by molar-refractivity contribution is 6.30. The van der Waals surface area contributed by atoms with Crippen LogP contribution in [0.15, 0.2) is 48.1 Å². The molecule has 2 atom stereocenters. The summed E-state index contributed by atoms with van der Waals surface area (Å²) >= 11 is 11.6. The topological polar surface area (TPSA) is 23.8 Å². The molecule has 0 amide bonds. The van der Waals surface area contributed by atoms with Gasteiger partial charge in [-0.3, -0.25) is 0 Å². The van der Waals surface area contributed by atoms with Crippen molar-refractivity contribution < 1.29 is 8.78 Å². The summed E-state index contributed by atoms with van der Waals surface area (Å²) in [5.41, 5.74) is -1.53. The summed E-state index contributed by atoms with van der Waals surface area (Å²) < 4.78 is 28.5. The summed E-state index contributed by atoms with van der Waals surface area (Å²) in [4.78, 5) is 0. The minimum atomic E-state index is -1.83. The first kappa shape index (κ1) is 15.8. The SMILES string of the molecule is CC1(F)C(/C=C(\C#N)c2ccc(Cl)cc2F)=CC=CC1Cl. The molecule has 1 aliphatic rings. The Morgan fingerprint density at radius 1 is 1.48 bits per heavy atom. The first-order valence-electron chi connectivity index (χ1n) is 6.15. The molecule has 0 saturated carbocycles. The molecule has 0 aromatic heterocycles. The third kappa shape index (κ3) is 3.18. The van der Waals surface area contributed by atoms with Gasteiger partial charge in [0.05, 0.1) is 17.0 Å². The monoisotopic (exact) mass is 325 g/mol. The zero-order chi connectivity index (χ0) is 15.6. The maximum atomic E-state index is 14.6. The third-order valence-corrected chi connectivity index (χ3v) is 4.07. The van der Waals surface area contributed by atoms with Gasteiger partial charge in [0.25, 0.3) is 0 Å². The van der Waals surface area contributed by atoms with Gasteiger partial charge in [-0.25, -0.2) is 8.78 Å². The number of nitriles is 1. The van der Waals surface area contributed by atoms with Crippen LogP contribution in [0.5, 0.6) is 0 Å². The lowest BCUT2D eigenvalue weighted by Gasteiger charge is -2.27. The summed E-state index contributed by atoms with van der Waals surface area (Å²) in [7, 11) is 0. The zero-order valence-electron chi connectivity index (χ0n) is 11.1. The molecule has 1 aromatic rings. The maximum Gasteiger partial charge on any atom is 0.153 e. The number of hydrogen-bond donors (Lipinski definition) is 0. The van der Waals surface area contributed by atoms with E-state index in [4.69, 9.17) is 23.2 Å². The van der Waals surface area contributed by atoms with Crippen LogP contribution in [-0.4, -0.2) is 11.0 Å². The molecule has 5 heteroatoms. The molecular formula is C16H11Cl2F2N. The normalized spacial score (nSPS) is 25.4. The smallest absolute Gasteiger partial charge is 0.153 e. The Hall–Kier alpha value is -1.63. The average Bonchev–Trinajstić information content (AvgIpc) is 2.41. The Morgan fingerprint density at radius 3 is 2.81 bits per heavy atom. The van der Waals surface area contributed by atoms with Gasteiger partial charge in [-0.1, -0.05) is 29.8 Å². The number of allylic oxidation sites excluding steroid dienone is 6. The van der Waals surface area contributed by atoms with Gasteiger partial charge in [0.15, 0.2) is 5.67 Å². The number of halogens is 4. The molecule has 2 unspecified atom stereocenters. The van der Waals surface area contributed by atoms with E-state index in [0.29, 0.717) is 0 Å². The van der Waals surface area contributed by atoms with Crippen LogP contribution in [0.25, 0.3) is 5.57 Å². The van der Waals surface area contributed by atoms with Crippen LogP contribution in [0.4, 0.5) is 8.78 Å². The second-order valence-corrected chi connectivity index (χ2v) is 5.68. The molecule has 1 nitrogen and oxygen atoms in total. The number of benzene rings is 1. The van der Waals surface area contributed by atoms with E-state index in [1.807, 2.05) is 6.07 Å². The van der Waals surface area contributed by atoms with Crippen molar-refractivity contribution in [3.05, 3.63) is 64.5 Å². The van der Waals surface area contributed by atoms with Gasteiger partial charge < -0.3 is 0 Å². The van der Waals surface area contributed by atoms with Crippen molar-refractivity contribution in [3.63, 3.8) is 0 Å². The van der Waals surface area contributed by atoms with Crippen LogP contribution in [0.3, 0.4) is 0 Å². The van der Waals surface area contributed by atoms with Crippen LogP contribution >= 0.6 is 23.2 Å². The summed E-state index contributed by atoms with van der Waals surface area (Å²) in [5, 5.41) is 8.60. The Bertz CT molecular complexity index is 697. The fraction of sp³-hybridized carbons (Fsp3) is 0.188. The fourth-order valence-electron chi connectivity index (χ4n) is 1.98. The summed E-state index contributed by atoms with van der Waals surface area (Å²) in [5.74, 6) is -0.634. The van der Waals surface area contributed by atoms with Crippen molar-refractivity contribution in [2.75, 3.05) is 0 Å². The van der Waals surface area contributed by atoms with Gasteiger partial charge in [0.2, 0.25) is 0 Å². The molecular weight excluding hydrogens is 315 g/mol. The van der Waals surface area contributed by atoms with Crippen molar-refractivity contribution >= 4 is 28.8 Å². The van der Waals surface area contributed by atoms with Gasteiger partial charge in [-0.05, 0) is 36.8 Å². The third-order valence-electron chi connectivity index (χ3n) is 3.28. The molecule has 1 aliphatic carbocycles. The average molecular weight is 326 g/mol. The molecule has 108 valence electrons. The quantitative estimate of drug-likeness (QED) is 0.540. The minimum Gasteiger partial charge on any atom is -0.237 e. The van der Waals surface area contributed by atoms with Gasteiger partial charge in [-0.15, -0.1) is 11.6 Å². The molecule has 0 heterocycles. The molecule has 0 aliphatic heterocycles. The van der Waals surface area contributed by atoms with Crippen LogP contribution in [0.1, 0.15) is 12.5 Å². The van der Waals surface area contributed by atoms with Gasteiger partial charge >= 0.3 is 0 Å². The van der Waals surface area contributed by atoms with E-state index in [2.05, 4.69) is 0 Å². The standard InChI is InChI=1S/C16H11Cl2F2N/c1-16(20)11(3-2-4-15(16)18)7-10(9-21)13-6-5-12(17)8-14(13)19/h2-8,15H,1H3/b10-7+. The molecule has 0 spiro atoms. The van der Waals surface area contributed by atoms with Crippen molar-refractivity contribution in [2.24, 2.45) is 0 Å². The second-order valence-electron chi connectivity index (χ2n) is 4.78. The van der Waals surface area contributed by atoms with Crippen molar-refractivity contribution in [3.8, 4) is 6.07 Å². The minimum absolute atomic E-state index is 0.0125. The fourth-order valence-corrected chi connectivity index (χ4v) is 2.35. The van der Waals surface area contributed by atoms with E-state index < -0.39 is 16.9 Å². The maximum absolute atomic E-state index is 14.6. The first-order chi connectivity index (χ1) is 9.86. The number of rotatable bonds is 2. The lowest BCUT2D eigenvalue weighted by molar-refractivity contribution is 0.251. The lowest BCUT2D eigenvalue weighted by Crippen LogP contribution is -2.32. The molecule has 21 heavy (non-hydrogen) atoms.